The zero-order valence-electron chi connectivity index (χ0n) is 20.8. The molecular formula is C28H29BrF2O6. The summed E-state index contributed by atoms with van der Waals surface area (Å²) >= 11 is 2.17. The molecule has 0 radical (unpaired) electrons. The maximum Gasteiger partial charge on any atom is 0.459 e. The van der Waals surface area contributed by atoms with Crippen molar-refractivity contribution < 1.29 is 37.3 Å². The van der Waals surface area contributed by atoms with E-state index in [4.69, 9.17) is 18.9 Å². The SMILES string of the molecule is CCOC(=O)COc1ccc(Oc2cccc(COC(c3ccc(OC(F)(F)Br)cc3)C(C)C)c2)cc1. The first-order chi connectivity index (χ1) is 17.6. The van der Waals surface area contributed by atoms with E-state index in [2.05, 4.69) is 20.7 Å². The number of carbonyl (C=O) groups is 1. The lowest BCUT2D eigenvalue weighted by atomic mass is 9.99. The lowest BCUT2D eigenvalue weighted by Gasteiger charge is -2.23. The average Bonchev–Trinajstić information content (AvgIpc) is 2.84. The van der Waals surface area contributed by atoms with Crippen LogP contribution in [0.1, 0.15) is 38.0 Å². The molecule has 0 aliphatic carbocycles. The fourth-order valence-electron chi connectivity index (χ4n) is 3.50. The van der Waals surface area contributed by atoms with Crippen LogP contribution in [0.4, 0.5) is 8.78 Å². The van der Waals surface area contributed by atoms with Crippen LogP contribution in [0.2, 0.25) is 0 Å². The van der Waals surface area contributed by atoms with E-state index >= 15 is 0 Å². The van der Waals surface area contributed by atoms with Crippen molar-refractivity contribution in [3.63, 3.8) is 0 Å². The highest BCUT2D eigenvalue weighted by Gasteiger charge is 2.26. The third-order valence-electron chi connectivity index (χ3n) is 5.10. The van der Waals surface area contributed by atoms with Crippen molar-refractivity contribution in [2.45, 2.75) is 38.5 Å². The van der Waals surface area contributed by atoms with Gasteiger partial charge in [0.25, 0.3) is 0 Å². The van der Waals surface area contributed by atoms with Gasteiger partial charge in [-0.25, -0.2) is 4.79 Å². The first-order valence-corrected chi connectivity index (χ1v) is 12.5. The maximum absolute atomic E-state index is 13.0. The highest BCUT2D eigenvalue weighted by molar-refractivity contribution is 9.09. The Morgan fingerprint density at radius 2 is 1.57 bits per heavy atom. The molecule has 0 bridgehead atoms. The molecule has 0 fully saturated rings. The van der Waals surface area contributed by atoms with E-state index in [-0.39, 0.29) is 24.4 Å². The molecule has 0 amide bonds. The van der Waals surface area contributed by atoms with Gasteiger partial charge in [-0.2, -0.15) is 8.78 Å². The van der Waals surface area contributed by atoms with Crippen LogP contribution >= 0.6 is 15.9 Å². The number of rotatable bonds is 13. The van der Waals surface area contributed by atoms with E-state index < -0.39 is 11.0 Å². The monoisotopic (exact) mass is 578 g/mol. The molecule has 1 atom stereocenters. The number of halogens is 3. The number of carbonyl (C=O) groups excluding carboxylic acids is 1. The molecule has 0 aliphatic heterocycles. The zero-order chi connectivity index (χ0) is 26.8. The van der Waals surface area contributed by atoms with Crippen LogP contribution in [-0.4, -0.2) is 24.2 Å². The van der Waals surface area contributed by atoms with Crippen LogP contribution < -0.4 is 14.2 Å². The van der Waals surface area contributed by atoms with Crippen LogP contribution in [-0.2, 0) is 20.9 Å². The van der Waals surface area contributed by atoms with Gasteiger partial charge in [-0.1, -0.05) is 38.1 Å². The number of alkyl halides is 3. The Bertz CT molecular complexity index is 1130. The minimum absolute atomic E-state index is 0.0524. The Kier molecular flexibility index (Phi) is 10.3. The van der Waals surface area contributed by atoms with Crippen LogP contribution in [0.3, 0.4) is 0 Å². The first kappa shape index (κ1) is 28.4. The molecule has 0 saturated carbocycles. The third kappa shape index (κ3) is 9.66. The maximum atomic E-state index is 13.0. The van der Waals surface area contributed by atoms with Crippen LogP contribution in [0.5, 0.6) is 23.0 Å². The van der Waals surface area contributed by atoms with Crippen molar-refractivity contribution in [3.05, 3.63) is 83.9 Å². The van der Waals surface area contributed by atoms with Gasteiger partial charge in [0.2, 0.25) is 0 Å². The second-order valence-corrected chi connectivity index (χ2v) is 9.33. The van der Waals surface area contributed by atoms with Crippen molar-refractivity contribution in [2.24, 2.45) is 5.92 Å². The van der Waals surface area contributed by atoms with Gasteiger partial charge < -0.3 is 23.7 Å². The number of hydrogen-bond acceptors (Lipinski definition) is 6. The Hall–Kier alpha value is -3.17. The summed E-state index contributed by atoms with van der Waals surface area (Å²) in [6, 6.07) is 20.9. The highest BCUT2D eigenvalue weighted by Crippen LogP contribution is 2.32. The second-order valence-electron chi connectivity index (χ2n) is 8.41. The Morgan fingerprint density at radius 1 is 0.919 bits per heavy atom. The zero-order valence-corrected chi connectivity index (χ0v) is 22.4. The molecule has 3 rings (SSSR count). The molecule has 0 spiro atoms. The van der Waals surface area contributed by atoms with E-state index in [9.17, 15) is 13.6 Å². The van der Waals surface area contributed by atoms with Crippen molar-refractivity contribution in [2.75, 3.05) is 13.2 Å². The molecule has 37 heavy (non-hydrogen) atoms. The summed E-state index contributed by atoms with van der Waals surface area (Å²) in [4.78, 5) is 11.4. The van der Waals surface area contributed by atoms with Gasteiger partial charge in [0.15, 0.2) is 6.61 Å². The molecular weight excluding hydrogens is 550 g/mol. The standard InChI is InChI=1S/C28H29BrF2O6/c1-4-33-26(32)18-34-22-12-14-23(15-13-22)36-25-7-5-6-20(16-25)17-35-27(19(2)3)21-8-10-24(11-9-21)37-28(29,30)31/h5-16,19,27H,4,17-18H2,1-3H3. The van der Waals surface area contributed by atoms with E-state index in [0.29, 0.717) is 30.5 Å². The van der Waals surface area contributed by atoms with Crippen molar-refractivity contribution in [1.29, 1.82) is 0 Å². The number of hydrogen-bond donors (Lipinski definition) is 0. The van der Waals surface area contributed by atoms with Gasteiger partial charge >= 0.3 is 11.0 Å². The molecule has 9 heteroatoms. The Balaban J connectivity index is 1.58. The van der Waals surface area contributed by atoms with Gasteiger partial charge in [0.1, 0.15) is 23.0 Å². The number of benzene rings is 3. The van der Waals surface area contributed by atoms with Crippen molar-refractivity contribution in [3.8, 4) is 23.0 Å². The van der Waals surface area contributed by atoms with Crippen LogP contribution in [0, 0.1) is 5.92 Å². The summed E-state index contributed by atoms with van der Waals surface area (Å²) in [7, 11) is 0. The fraction of sp³-hybridized carbons (Fsp3) is 0.321. The molecule has 3 aromatic rings. The lowest BCUT2D eigenvalue weighted by molar-refractivity contribution is -0.145. The van der Waals surface area contributed by atoms with Gasteiger partial charge in [-0.05, 0) is 72.5 Å². The summed E-state index contributed by atoms with van der Waals surface area (Å²) in [5.74, 6) is 1.55. The summed E-state index contributed by atoms with van der Waals surface area (Å²) in [6.45, 7) is 6.28. The van der Waals surface area contributed by atoms with Gasteiger partial charge in [0.05, 0.1) is 19.3 Å². The Morgan fingerprint density at radius 3 is 2.19 bits per heavy atom. The second kappa shape index (κ2) is 13.4. The van der Waals surface area contributed by atoms with Crippen LogP contribution in [0.25, 0.3) is 0 Å². The first-order valence-electron chi connectivity index (χ1n) is 11.8. The molecule has 0 N–H and O–H groups in total. The van der Waals surface area contributed by atoms with E-state index in [1.807, 2.05) is 38.1 Å². The van der Waals surface area contributed by atoms with Crippen LogP contribution in [0.15, 0.2) is 72.8 Å². The third-order valence-corrected chi connectivity index (χ3v) is 5.26. The molecule has 1 unspecified atom stereocenters. The number of ether oxygens (including phenoxy) is 5. The number of esters is 1. The smallest absolute Gasteiger partial charge is 0.459 e. The van der Waals surface area contributed by atoms with Gasteiger partial charge in [-0.15, -0.1) is 0 Å². The summed E-state index contributed by atoms with van der Waals surface area (Å²) in [6.07, 6.45) is -0.245. The average molecular weight is 579 g/mol. The van der Waals surface area contributed by atoms with Gasteiger partial charge in [-0.3, -0.25) is 0 Å². The van der Waals surface area contributed by atoms with Gasteiger partial charge in [0, 0.05) is 15.9 Å². The van der Waals surface area contributed by atoms with Crippen molar-refractivity contribution >= 4 is 21.9 Å². The molecule has 0 aromatic heterocycles. The predicted octanol–water partition coefficient (Wildman–Crippen LogP) is 7.66. The molecule has 198 valence electrons. The lowest BCUT2D eigenvalue weighted by Crippen LogP contribution is -2.15. The normalized spacial score (nSPS) is 12.2. The molecule has 0 aliphatic rings. The molecule has 3 aromatic carbocycles. The summed E-state index contributed by atoms with van der Waals surface area (Å²) < 4.78 is 52.9. The van der Waals surface area contributed by atoms with E-state index in [1.165, 1.54) is 12.1 Å². The quantitative estimate of drug-likeness (QED) is 0.153. The molecule has 0 heterocycles. The largest absolute Gasteiger partial charge is 0.482 e. The van der Waals surface area contributed by atoms with Crippen molar-refractivity contribution in [1.82, 2.24) is 0 Å². The van der Waals surface area contributed by atoms with E-state index in [0.717, 1.165) is 11.1 Å². The summed E-state index contributed by atoms with van der Waals surface area (Å²) in [5, 5.41) is -3.42. The molecule has 0 saturated heterocycles. The minimum Gasteiger partial charge on any atom is -0.482 e. The topological polar surface area (TPSA) is 63.2 Å². The summed E-state index contributed by atoms with van der Waals surface area (Å²) in [5.41, 5.74) is 1.77. The molecule has 6 nitrogen and oxygen atoms in total. The minimum atomic E-state index is -3.42. The highest BCUT2D eigenvalue weighted by atomic mass is 79.9. The Labute approximate surface area is 223 Å². The fourth-order valence-corrected chi connectivity index (χ4v) is 3.69. The van der Waals surface area contributed by atoms with E-state index in [1.54, 1.807) is 43.3 Å². The predicted molar refractivity (Wildman–Crippen MR) is 138 cm³/mol.